The van der Waals surface area contributed by atoms with Crippen molar-refractivity contribution in [3.8, 4) is 0 Å². The number of anilines is 1. The Bertz CT molecular complexity index is 459. The highest BCUT2D eigenvalue weighted by Gasteiger charge is 2.33. The molecule has 0 bridgehead atoms. The zero-order valence-corrected chi connectivity index (χ0v) is 10.3. The van der Waals surface area contributed by atoms with E-state index < -0.39 is 24.1 Å². The summed E-state index contributed by atoms with van der Waals surface area (Å²) in [6.45, 7) is 1.86. The highest BCUT2D eigenvalue weighted by molar-refractivity contribution is 5.71. The van der Waals surface area contributed by atoms with Crippen molar-refractivity contribution >= 4 is 11.7 Å². The lowest BCUT2D eigenvalue weighted by Crippen LogP contribution is -2.26. The van der Waals surface area contributed by atoms with Crippen LogP contribution in [0, 0.1) is 0 Å². The topological polar surface area (TPSA) is 75.3 Å². The highest BCUT2D eigenvalue weighted by Crippen LogP contribution is 2.35. The van der Waals surface area contributed by atoms with E-state index in [0.717, 1.165) is 6.07 Å². The number of rotatable bonds is 5. The van der Waals surface area contributed by atoms with E-state index in [2.05, 4.69) is 5.32 Å². The molecule has 4 nitrogen and oxygen atoms in total. The number of aliphatic carboxylic acids is 1. The van der Waals surface area contributed by atoms with Crippen LogP contribution in [-0.4, -0.2) is 23.7 Å². The molecule has 7 heteroatoms. The molecule has 1 aromatic carbocycles. The molecule has 0 saturated carbocycles. The fourth-order valence-corrected chi connectivity index (χ4v) is 1.54. The molecule has 1 atom stereocenters. The molecule has 0 radical (unpaired) electrons. The van der Waals surface area contributed by atoms with Crippen molar-refractivity contribution in [3.63, 3.8) is 0 Å². The zero-order valence-electron chi connectivity index (χ0n) is 10.3. The minimum absolute atomic E-state index is 0.0982. The predicted octanol–water partition coefficient (Wildman–Crippen LogP) is 2.09. The number of hydrogen-bond donors (Lipinski definition) is 3. The molecule has 0 heterocycles. The van der Waals surface area contributed by atoms with Gasteiger partial charge < -0.3 is 16.2 Å². The molecule has 0 spiro atoms. The van der Waals surface area contributed by atoms with E-state index >= 15 is 0 Å². The van der Waals surface area contributed by atoms with E-state index in [1.165, 1.54) is 12.1 Å². The van der Waals surface area contributed by atoms with Gasteiger partial charge in [-0.05, 0) is 24.6 Å². The van der Waals surface area contributed by atoms with Gasteiger partial charge in [0.25, 0.3) is 0 Å². The molecule has 1 unspecified atom stereocenters. The minimum Gasteiger partial charge on any atom is -0.481 e. The van der Waals surface area contributed by atoms with E-state index in [0.29, 0.717) is 0 Å². The van der Waals surface area contributed by atoms with Crippen molar-refractivity contribution in [2.24, 2.45) is 5.73 Å². The van der Waals surface area contributed by atoms with E-state index in [-0.39, 0.29) is 23.8 Å². The highest BCUT2D eigenvalue weighted by atomic mass is 19.4. The van der Waals surface area contributed by atoms with Crippen LogP contribution >= 0.6 is 0 Å². The lowest BCUT2D eigenvalue weighted by atomic mass is 10.1. The minimum atomic E-state index is -4.55. The van der Waals surface area contributed by atoms with E-state index in [4.69, 9.17) is 10.8 Å². The Labute approximate surface area is 108 Å². The molecule has 0 aliphatic carbocycles. The fourth-order valence-electron chi connectivity index (χ4n) is 1.54. The van der Waals surface area contributed by atoms with Crippen molar-refractivity contribution in [1.82, 2.24) is 0 Å². The van der Waals surface area contributed by atoms with Crippen molar-refractivity contribution in [2.45, 2.75) is 25.6 Å². The molecule has 1 aromatic rings. The monoisotopic (exact) mass is 276 g/mol. The Balaban J connectivity index is 3.06. The second-order valence-corrected chi connectivity index (χ2v) is 4.31. The van der Waals surface area contributed by atoms with Crippen LogP contribution in [0.1, 0.15) is 18.1 Å². The fraction of sp³-hybridized carbons (Fsp3) is 0.417. The van der Waals surface area contributed by atoms with E-state index in [1.807, 2.05) is 0 Å². The molecule has 0 saturated heterocycles. The standard InChI is InChI=1S/C12H15F3N2O2/c1-7(16)6-17-10-3-2-8(5-11(18)19)4-9(10)12(13,14)15/h2-4,7,17H,5-6,16H2,1H3,(H,18,19). The maximum atomic E-state index is 12.9. The van der Waals surface area contributed by atoms with Gasteiger partial charge in [-0.15, -0.1) is 0 Å². The average Bonchev–Trinajstić information content (AvgIpc) is 2.25. The molecule has 4 N–H and O–H groups in total. The van der Waals surface area contributed by atoms with Crippen LogP contribution in [-0.2, 0) is 17.4 Å². The molecular formula is C12H15F3N2O2. The number of halogens is 3. The second-order valence-electron chi connectivity index (χ2n) is 4.31. The molecule has 0 fully saturated rings. The molecule has 0 aromatic heterocycles. The molecule has 1 rings (SSSR count). The molecule has 0 amide bonds. The van der Waals surface area contributed by atoms with Gasteiger partial charge in [0.1, 0.15) is 0 Å². The largest absolute Gasteiger partial charge is 0.481 e. The Hall–Kier alpha value is -1.76. The van der Waals surface area contributed by atoms with Gasteiger partial charge in [-0.1, -0.05) is 6.07 Å². The zero-order chi connectivity index (χ0) is 14.6. The Morgan fingerprint density at radius 3 is 2.58 bits per heavy atom. The van der Waals surface area contributed by atoms with Gasteiger partial charge in [-0.3, -0.25) is 4.79 Å². The van der Waals surface area contributed by atoms with Crippen molar-refractivity contribution in [3.05, 3.63) is 29.3 Å². The summed E-state index contributed by atoms with van der Waals surface area (Å²) in [6, 6.07) is 3.13. The molecule has 0 aliphatic rings. The summed E-state index contributed by atoms with van der Waals surface area (Å²) in [5.41, 5.74) is 4.60. The molecular weight excluding hydrogens is 261 g/mol. The van der Waals surface area contributed by atoms with Gasteiger partial charge in [0.05, 0.1) is 12.0 Å². The van der Waals surface area contributed by atoms with Gasteiger partial charge in [0.15, 0.2) is 0 Å². The van der Waals surface area contributed by atoms with E-state index in [9.17, 15) is 18.0 Å². The van der Waals surface area contributed by atoms with Crippen LogP contribution in [0.25, 0.3) is 0 Å². The third kappa shape index (κ3) is 4.78. The smallest absolute Gasteiger partial charge is 0.418 e. The number of carboxylic acid groups (broad SMARTS) is 1. The average molecular weight is 276 g/mol. The van der Waals surface area contributed by atoms with Crippen LogP contribution in [0.2, 0.25) is 0 Å². The third-order valence-corrected chi connectivity index (χ3v) is 2.36. The quantitative estimate of drug-likeness (QED) is 0.769. The first-order chi connectivity index (χ1) is 8.70. The number of carbonyl (C=O) groups is 1. The normalized spacial score (nSPS) is 13.1. The third-order valence-electron chi connectivity index (χ3n) is 2.36. The van der Waals surface area contributed by atoms with Crippen LogP contribution in [0.4, 0.5) is 18.9 Å². The Morgan fingerprint density at radius 2 is 2.11 bits per heavy atom. The summed E-state index contributed by atoms with van der Waals surface area (Å²) >= 11 is 0. The Kier molecular flexibility index (Phi) is 4.77. The molecule has 19 heavy (non-hydrogen) atoms. The number of nitrogens with two attached hydrogens (primary N) is 1. The maximum absolute atomic E-state index is 12.9. The molecule has 0 aliphatic heterocycles. The first-order valence-electron chi connectivity index (χ1n) is 5.61. The van der Waals surface area contributed by atoms with Crippen LogP contribution in [0.5, 0.6) is 0 Å². The summed E-state index contributed by atoms with van der Waals surface area (Å²) in [7, 11) is 0. The first kappa shape index (κ1) is 15.3. The van der Waals surface area contributed by atoms with Crippen LogP contribution in [0.3, 0.4) is 0 Å². The maximum Gasteiger partial charge on any atom is 0.418 e. The first-order valence-corrected chi connectivity index (χ1v) is 5.61. The second kappa shape index (κ2) is 5.92. The van der Waals surface area contributed by atoms with Gasteiger partial charge >= 0.3 is 12.1 Å². The van der Waals surface area contributed by atoms with Gasteiger partial charge in [0, 0.05) is 18.3 Å². The molecule has 106 valence electrons. The summed E-state index contributed by atoms with van der Waals surface area (Å²) in [4.78, 5) is 10.5. The van der Waals surface area contributed by atoms with Crippen LogP contribution < -0.4 is 11.1 Å². The number of alkyl halides is 3. The van der Waals surface area contributed by atoms with Crippen molar-refractivity contribution in [2.75, 3.05) is 11.9 Å². The van der Waals surface area contributed by atoms with Gasteiger partial charge in [-0.2, -0.15) is 13.2 Å². The van der Waals surface area contributed by atoms with Crippen molar-refractivity contribution < 1.29 is 23.1 Å². The summed E-state index contributed by atoms with van der Waals surface area (Å²) < 4.78 is 38.6. The van der Waals surface area contributed by atoms with E-state index in [1.54, 1.807) is 6.92 Å². The lowest BCUT2D eigenvalue weighted by molar-refractivity contribution is -0.138. The van der Waals surface area contributed by atoms with Gasteiger partial charge in [0.2, 0.25) is 0 Å². The van der Waals surface area contributed by atoms with Crippen LogP contribution in [0.15, 0.2) is 18.2 Å². The van der Waals surface area contributed by atoms with Crippen molar-refractivity contribution in [1.29, 1.82) is 0 Å². The SMILES string of the molecule is CC(N)CNc1ccc(CC(=O)O)cc1C(F)(F)F. The predicted molar refractivity (Wildman–Crippen MR) is 64.9 cm³/mol. The lowest BCUT2D eigenvalue weighted by Gasteiger charge is -2.16. The Morgan fingerprint density at radius 1 is 1.47 bits per heavy atom. The number of nitrogens with one attached hydrogen (secondary N) is 1. The summed E-state index contributed by atoms with van der Waals surface area (Å²) in [6.07, 6.45) is -4.99. The summed E-state index contributed by atoms with van der Waals surface area (Å²) in [5, 5.41) is 11.2. The number of hydrogen-bond acceptors (Lipinski definition) is 3. The van der Waals surface area contributed by atoms with Gasteiger partial charge in [-0.25, -0.2) is 0 Å². The summed E-state index contributed by atoms with van der Waals surface area (Å²) in [5.74, 6) is -1.18. The number of benzene rings is 1. The number of carboxylic acids is 1.